The summed E-state index contributed by atoms with van der Waals surface area (Å²) in [6.07, 6.45) is -3.92. The van der Waals surface area contributed by atoms with E-state index in [1.165, 1.54) is 23.1 Å². The Balaban J connectivity index is 1.67. The Morgan fingerprint density at radius 2 is 1.76 bits per heavy atom. The zero-order valence-corrected chi connectivity index (χ0v) is 13.2. The molecule has 0 atom stereocenters. The lowest BCUT2D eigenvalue weighted by molar-refractivity contribution is -0.138. The summed E-state index contributed by atoms with van der Waals surface area (Å²) in [6.45, 7) is 0.689. The first-order chi connectivity index (χ1) is 11.9. The Morgan fingerprint density at radius 3 is 2.56 bits per heavy atom. The van der Waals surface area contributed by atoms with Gasteiger partial charge in [-0.25, -0.2) is 0 Å². The smallest absolute Gasteiger partial charge is 0.357 e. The summed E-state index contributed by atoms with van der Waals surface area (Å²) < 4.78 is 39.5. The van der Waals surface area contributed by atoms with E-state index in [1.807, 2.05) is 24.3 Å². The fraction of sp³-hybridized carbons (Fsp3) is 0.211. The molecule has 1 aromatic heterocycles. The molecular formula is C19H15F3N2O. The number of H-pyrrole nitrogens is 1. The van der Waals surface area contributed by atoms with Crippen molar-refractivity contribution in [1.82, 2.24) is 9.88 Å². The predicted octanol–water partition coefficient (Wildman–Crippen LogP) is 4.39. The van der Waals surface area contributed by atoms with Crippen LogP contribution >= 0.6 is 0 Å². The molecule has 0 saturated carbocycles. The van der Waals surface area contributed by atoms with Crippen molar-refractivity contribution in [2.75, 3.05) is 6.54 Å². The number of benzene rings is 2. The molecule has 0 bridgehead atoms. The molecule has 3 aromatic rings. The van der Waals surface area contributed by atoms with Crippen LogP contribution in [0.5, 0.6) is 0 Å². The number of hydrogen-bond acceptors (Lipinski definition) is 1. The minimum Gasteiger partial charge on any atom is -0.357 e. The van der Waals surface area contributed by atoms with E-state index in [4.69, 9.17) is 0 Å². The molecule has 2 aromatic carbocycles. The summed E-state index contributed by atoms with van der Waals surface area (Å²) in [4.78, 5) is 17.5. The molecule has 2 heterocycles. The van der Waals surface area contributed by atoms with Gasteiger partial charge in [-0.05, 0) is 30.2 Å². The molecule has 1 amide bonds. The predicted molar refractivity (Wildman–Crippen MR) is 88.2 cm³/mol. The van der Waals surface area contributed by atoms with Crippen LogP contribution in [-0.2, 0) is 19.1 Å². The van der Waals surface area contributed by atoms with Gasteiger partial charge in [0.1, 0.15) is 0 Å². The van der Waals surface area contributed by atoms with Gasteiger partial charge in [0, 0.05) is 23.1 Å². The van der Waals surface area contributed by atoms with Gasteiger partial charge in [0.15, 0.2) is 0 Å². The van der Waals surface area contributed by atoms with Crippen LogP contribution in [0.3, 0.4) is 0 Å². The Kier molecular flexibility index (Phi) is 3.56. The minimum atomic E-state index is -4.55. The molecule has 0 unspecified atom stereocenters. The number of hydrogen-bond donors (Lipinski definition) is 1. The summed E-state index contributed by atoms with van der Waals surface area (Å²) >= 11 is 0. The van der Waals surface area contributed by atoms with E-state index >= 15 is 0 Å². The van der Waals surface area contributed by atoms with Crippen molar-refractivity contribution in [3.8, 4) is 0 Å². The van der Waals surface area contributed by atoms with E-state index in [2.05, 4.69) is 4.98 Å². The molecule has 1 N–H and O–H groups in total. The number of carbonyl (C=O) groups excluding carboxylic acids is 1. The number of fused-ring (bicyclic) bond motifs is 3. The van der Waals surface area contributed by atoms with Gasteiger partial charge in [-0.3, -0.25) is 4.79 Å². The molecule has 6 heteroatoms. The van der Waals surface area contributed by atoms with E-state index in [0.717, 1.165) is 28.2 Å². The van der Waals surface area contributed by atoms with Gasteiger partial charge in [-0.2, -0.15) is 13.2 Å². The summed E-state index contributed by atoms with van der Waals surface area (Å²) in [5, 5.41) is 1.11. The second-order valence-corrected chi connectivity index (χ2v) is 6.15. The van der Waals surface area contributed by atoms with Gasteiger partial charge >= 0.3 is 6.18 Å². The number of halogens is 3. The molecule has 1 aliphatic heterocycles. The second kappa shape index (κ2) is 5.65. The zero-order chi connectivity index (χ0) is 17.6. The summed E-state index contributed by atoms with van der Waals surface area (Å²) in [6, 6.07) is 12.8. The maximum absolute atomic E-state index is 13.2. The van der Waals surface area contributed by atoms with Crippen molar-refractivity contribution in [3.05, 3.63) is 70.9 Å². The van der Waals surface area contributed by atoms with E-state index in [1.54, 1.807) is 0 Å². The molecule has 0 radical (unpaired) electrons. The van der Waals surface area contributed by atoms with Crippen LogP contribution in [0.25, 0.3) is 10.9 Å². The molecule has 128 valence electrons. The largest absolute Gasteiger partial charge is 0.417 e. The number of rotatable bonds is 1. The monoisotopic (exact) mass is 344 g/mol. The SMILES string of the molecule is O=C(c1ccccc1C(F)(F)F)N1CCc2c([nH]c3ccccc23)C1. The summed E-state index contributed by atoms with van der Waals surface area (Å²) in [5.74, 6) is -0.586. The van der Waals surface area contributed by atoms with Crippen LogP contribution in [0.4, 0.5) is 13.2 Å². The van der Waals surface area contributed by atoms with Crippen LogP contribution in [0.2, 0.25) is 0 Å². The highest BCUT2D eigenvalue weighted by molar-refractivity contribution is 5.96. The van der Waals surface area contributed by atoms with Gasteiger partial charge in [-0.1, -0.05) is 30.3 Å². The van der Waals surface area contributed by atoms with Crippen molar-refractivity contribution in [2.45, 2.75) is 19.1 Å². The maximum Gasteiger partial charge on any atom is 0.417 e. The lowest BCUT2D eigenvalue weighted by atomic mass is 10.0. The van der Waals surface area contributed by atoms with Gasteiger partial charge < -0.3 is 9.88 Å². The third kappa shape index (κ3) is 2.67. The Morgan fingerprint density at radius 1 is 1.04 bits per heavy atom. The van der Waals surface area contributed by atoms with Crippen molar-refractivity contribution < 1.29 is 18.0 Å². The van der Waals surface area contributed by atoms with Crippen LogP contribution in [-0.4, -0.2) is 22.3 Å². The summed E-state index contributed by atoms with van der Waals surface area (Å²) in [5.41, 5.74) is 1.84. The van der Waals surface area contributed by atoms with Crippen molar-refractivity contribution >= 4 is 16.8 Å². The standard InChI is InChI=1S/C19H15F3N2O/c20-19(21,22)15-7-3-1-6-14(15)18(25)24-10-9-13-12-5-2-4-8-16(12)23-17(13)11-24/h1-8,23H,9-11H2. The maximum atomic E-state index is 13.2. The van der Waals surface area contributed by atoms with E-state index in [0.29, 0.717) is 13.0 Å². The fourth-order valence-electron chi connectivity index (χ4n) is 3.45. The van der Waals surface area contributed by atoms with Gasteiger partial charge in [-0.15, -0.1) is 0 Å². The lowest BCUT2D eigenvalue weighted by Gasteiger charge is -2.28. The number of amides is 1. The van der Waals surface area contributed by atoms with Crippen molar-refractivity contribution in [3.63, 3.8) is 0 Å². The molecular weight excluding hydrogens is 329 g/mol. The first kappa shape index (κ1) is 15.7. The number of nitrogens with zero attached hydrogens (tertiary/aromatic N) is 1. The lowest BCUT2D eigenvalue weighted by Crippen LogP contribution is -2.36. The Labute approximate surface area is 142 Å². The van der Waals surface area contributed by atoms with E-state index in [9.17, 15) is 18.0 Å². The van der Waals surface area contributed by atoms with Gasteiger partial charge in [0.25, 0.3) is 5.91 Å². The van der Waals surface area contributed by atoms with Gasteiger partial charge in [0.2, 0.25) is 0 Å². The first-order valence-electron chi connectivity index (χ1n) is 7.99. The molecule has 25 heavy (non-hydrogen) atoms. The molecule has 0 aliphatic carbocycles. The third-order valence-electron chi connectivity index (χ3n) is 4.63. The van der Waals surface area contributed by atoms with Crippen LogP contribution < -0.4 is 0 Å². The third-order valence-corrected chi connectivity index (χ3v) is 4.63. The highest BCUT2D eigenvalue weighted by Gasteiger charge is 2.36. The summed E-state index contributed by atoms with van der Waals surface area (Å²) in [7, 11) is 0. The molecule has 4 rings (SSSR count). The highest BCUT2D eigenvalue weighted by Crippen LogP contribution is 2.33. The minimum absolute atomic E-state index is 0.287. The van der Waals surface area contributed by atoms with Crippen LogP contribution in [0, 0.1) is 0 Å². The van der Waals surface area contributed by atoms with Crippen LogP contribution in [0.15, 0.2) is 48.5 Å². The second-order valence-electron chi connectivity index (χ2n) is 6.15. The van der Waals surface area contributed by atoms with E-state index in [-0.39, 0.29) is 12.1 Å². The highest BCUT2D eigenvalue weighted by atomic mass is 19.4. The topological polar surface area (TPSA) is 36.1 Å². The molecule has 0 fully saturated rings. The molecule has 3 nitrogen and oxygen atoms in total. The van der Waals surface area contributed by atoms with E-state index < -0.39 is 17.6 Å². The Hall–Kier alpha value is -2.76. The number of nitrogens with one attached hydrogen (secondary N) is 1. The van der Waals surface area contributed by atoms with Crippen molar-refractivity contribution in [1.29, 1.82) is 0 Å². The number of aromatic amines is 1. The molecule has 1 aliphatic rings. The number of aromatic nitrogens is 1. The average molecular weight is 344 g/mol. The number of carbonyl (C=O) groups is 1. The quantitative estimate of drug-likeness (QED) is 0.698. The average Bonchev–Trinajstić information content (AvgIpc) is 2.98. The number of alkyl halides is 3. The Bertz CT molecular complexity index is 959. The molecule has 0 spiro atoms. The first-order valence-corrected chi connectivity index (χ1v) is 7.99. The van der Waals surface area contributed by atoms with Crippen LogP contribution in [0.1, 0.15) is 27.2 Å². The van der Waals surface area contributed by atoms with Gasteiger partial charge in [0.05, 0.1) is 17.7 Å². The number of para-hydroxylation sites is 1. The zero-order valence-electron chi connectivity index (χ0n) is 13.2. The molecule has 0 saturated heterocycles. The normalized spacial score (nSPS) is 14.6. The van der Waals surface area contributed by atoms with Crippen molar-refractivity contribution in [2.24, 2.45) is 0 Å². The fourth-order valence-corrected chi connectivity index (χ4v) is 3.45.